The Hall–Kier alpha value is -0.240. The molecule has 1 saturated heterocycles. The van der Waals surface area contributed by atoms with Crippen LogP contribution in [0.25, 0.3) is 0 Å². The summed E-state index contributed by atoms with van der Waals surface area (Å²) in [6.07, 6.45) is 6.10. The molecule has 0 amide bonds. The molecule has 38 heavy (non-hydrogen) atoms. The fraction of sp³-hybridized carbons (Fsp3) is 1.00. The molecule has 6 heteroatoms. The van der Waals surface area contributed by atoms with Gasteiger partial charge < -0.3 is 29.9 Å². The van der Waals surface area contributed by atoms with Crippen LogP contribution in [0.15, 0.2) is 0 Å². The van der Waals surface area contributed by atoms with Gasteiger partial charge in [-0.3, -0.25) is 0 Å². The molecule has 4 N–H and O–H groups in total. The minimum atomic E-state index is -0.819. The van der Waals surface area contributed by atoms with Crippen molar-refractivity contribution >= 4 is 0 Å². The summed E-state index contributed by atoms with van der Waals surface area (Å²) in [4.78, 5) is 0. The highest BCUT2D eigenvalue weighted by Crippen LogP contribution is 2.69. The summed E-state index contributed by atoms with van der Waals surface area (Å²) >= 11 is 0. The maximum atomic E-state index is 11.6. The van der Waals surface area contributed by atoms with Crippen LogP contribution in [0.2, 0.25) is 0 Å². The number of hydrogen-bond donors (Lipinski definition) is 4. The molecule has 0 spiro atoms. The van der Waals surface area contributed by atoms with Gasteiger partial charge in [0.25, 0.3) is 0 Å². The number of fused-ring (bicyclic) bond motifs is 6. The van der Waals surface area contributed by atoms with E-state index in [0.29, 0.717) is 30.1 Å². The molecular weight excluding hydrogens is 480 g/mol. The third-order valence-corrected chi connectivity index (χ3v) is 12.9. The quantitative estimate of drug-likeness (QED) is 0.375. The predicted octanol–water partition coefficient (Wildman–Crippen LogP) is 4.76. The van der Waals surface area contributed by atoms with Crippen molar-refractivity contribution in [3.63, 3.8) is 0 Å². The van der Waals surface area contributed by atoms with Crippen LogP contribution in [0.1, 0.15) is 99.8 Å². The van der Waals surface area contributed by atoms with Gasteiger partial charge in [-0.25, -0.2) is 0 Å². The minimum absolute atomic E-state index is 0.00458. The Bertz CT molecular complexity index is 846. The van der Waals surface area contributed by atoms with E-state index in [-0.39, 0.29) is 59.4 Å². The molecule has 1 aliphatic heterocycles. The molecule has 0 unspecified atom stereocenters. The Morgan fingerprint density at radius 1 is 0.816 bits per heavy atom. The van der Waals surface area contributed by atoms with Crippen LogP contribution in [-0.2, 0) is 9.47 Å². The SMILES string of the molecule is CC(C)[C@H](CCO)[C@@H](O)[C@H](O)[C@@H](C)[C@H]1CC[C@H]2[C@@H]3C[C@@H](O)[C@H]4C[C@@H]5OC(C)(C)O[C@@H]5C[C@]4(C)[C@H]3CC[C@]12C. The third kappa shape index (κ3) is 4.61. The fourth-order valence-electron chi connectivity index (χ4n) is 11.0. The summed E-state index contributed by atoms with van der Waals surface area (Å²) in [6, 6.07) is 0. The first kappa shape index (κ1) is 29.3. The van der Waals surface area contributed by atoms with Gasteiger partial charge >= 0.3 is 0 Å². The van der Waals surface area contributed by atoms with Crippen molar-refractivity contribution in [2.24, 2.45) is 58.2 Å². The van der Waals surface area contributed by atoms with Gasteiger partial charge in [0.15, 0.2) is 5.79 Å². The first-order valence-electron chi connectivity index (χ1n) is 15.7. The van der Waals surface area contributed by atoms with E-state index in [1.807, 2.05) is 13.8 Å². The topological polar surface area (TPSA) is 99.4 Å². The number of hydrogen-bond acceptors (Lipinski definition) is 6. The van der Waals surface area contributed by atoms with Crippen LogP contribution in [0, 0.1) is 58.2 Å². The highest BCUT2D eigenvalue weighted by molar-refractivity contribution is 5.13. The number of aliphatic hydroxyl groups is 4. The number of ether oxygens (including phenoxy) is 2. The van der Waals surface area contributed by atoms with Gasteiger partial charge in [-0.05, 0) is 123 Å². The van der Waals surface area contributed by atoms with Gasteiger partial charge in [-0.2, -0.15) is 0 Å². The molecule has 0 aromatic carbocycles. The fourth-order valence-corrected chi connectivity index (χ4v) is 11.0. The summed E-state index contributed by atoms with van der Waals surface area (Å²) in [5.74, 6) is 1.79. The molecule has 5 aliphatic rings. The van der Waals surface area contributed by atoms with Crippen LogP contribution in [0.4, 0.5) is 0 Å². The van der Waals surface area contributed by atoms with Gasteiger partial charge in [0.2, 0.25) is 0 Å². The highest BCUT2D eigenvalue weighted by atomic mass is 16.7. The molecule has 1 heterocycles. The van der Waals surface area contributed by atoms with E-state index in [9.17, 15) is 20.4 Å². The molecule has 4 aliphatic carbocycles. The molecule has 14 atom stereocenters. The highest BCUT2D eigenvalue weighted by Gasteiger charge is 2.65. The zero-order chi connectivity index (χ0) is 27.8. The van der Waals surface area contributed by atoms with Crippen molar-refractivity contribution in [3.05, 3.63) is 0 Å². The average Bonchev–Trinajstić information content (AvgIpc) is 3.34. The van der Waals surface area contributed by atoms with Crippen LogP contribution in [0.3, 0.4) is 0 Å². The molecule has 0 radical (unpaired) electrons. The molecule has 0 bridgehead atoms. The lowest BCUT2D eigenvalue weighted by Crippen LogP contribution is -2.60. The smallest absolute Gasteiger partial charge is 0.163 e. The Labute approximate surface area is 230 Å². The summed E-state index contributed by atoms with van der Waals surface area (Å²) < 4.78 is 12.6. The minimum Gasteiger partial charge on any atom is -0.396 e. The van der Waals surface area contributed by atoms with Crippen molar-refractivity contribution in [1.82, 2.24) is 0 Å². The average molecular weight is 537 g/mol. The second-order valence-electron chi connectivity index (χ2n) is 15.4. The van der Waals surface area contributed by atoms with Crippen molar-refractivity contribution in [3.8, 4) is 0 Å². The zero-order valence-electron chi connectivity index (χ0n) is 25.0. The van der Waals surface area contributed by atoms with E-state index in [1.165, 1.54) is 6.42 Å². The van der Waals surface area contributed by atoms with E-state index in [1.54, 1.807) is 0 Å². The second kappa shape index (κ2) is 10.2. The Kier molecular flexibility index (Phi) is 7.88. The Balaban J connectivity index is 1.34. The molecule has 0 aromatic heterocycles. The van der Waals surface area contributed by atoms with Gasteiger partial charge in [-0.1, -0.05) is 34.6 Å². The lowest BCUT2D eigenvalue weighted by Gasteiger charge is -2.62. The summed E-state index contributed by atoms with van der Waals surface area (Å²) in [5, 5.41) is 43.7. The van der Waals surface area contributed by atoms with Crippen molar-refractivity contribution in [1.29, 1.82) is 0 Å². The summed E-state index contributed by atoms with van der Waals surface area (Å²) in [5.41, 5.74) is 0.170. The first-order chi connectivity index (χ1) is 17.7. The molecule has 5 fully saturated rings. The summed E-state index contributed by atoms with van der Waals surface area (Å²) in [7, 11) is 0. The van der Waals surface area contributed by atoms with Crippen molar-refractivity contribution in [2.75, 3.05) is 6.61 Å². The first-order valence-corrected chi connectivity index (χ1v) is 15.7. The molecule has 5 rings (SSSR count). The number of aliphatic hydroxyl groups excluding tert-OH is 4. The van der Waals surface area contributed by atoms with E-state index in [2.05, 4.69) is 34.6 Å². The van der Waals surface area contributed by atoms with Gasteiger partial charge in [0, 0.05) is 6.61 Å². The second-order valence-corrected chi connectivity index (χ2v) is 15.4. The monoisotopic (exact) mass is 536 g/mol. The van der Waals surface area contributed by atoms with E-state index in [0.717, 1.165) is 38.5 Å². The van der Waals surface area contributed by atoms with Gasteiger partial charge in [0.05, 0.1) is 30.5 Å². The zero-order valence-corrected chi connectivity index (χ0v) is 25.0. The van der Waals surface area contributed by atoms with Crippen LogP contribution in [-0.4, -0.2) is 63.3 Å². The predicted molar refractivity (Wildman–Crippen MR) is 147 cm³/mol. The molecule has 6 nitrogen and oxygen atoms in total. The lowest BCUT2D eigenvalue weighted by molar-refractivity contribution is -0.182. The molecule has 0 aromatic rings. The van der Waals surface area contributed by atoms with Crippen molar-refractivity contribution < 1.29 is 29.9 Å². The Morgan fingerprint density at radius 3 is 2.13 bits per heavy atom. The lowest BCUT2D eigenvalue weighted by atomic mass is 9.43. The van der Waals surface area contributed by atoms with Crippen molar-refractivity contribution in [2.45, 2.75) is 136 Å². The van der Waals surface area contributed by atoms with Crippen LogP contribution < -0.4 is 0 Å². The normalized spacial score (nSPS) is 48.9. The maximum Gasteiger partial charge on any atom is 0.163 e. The van der Waals surface area contributed by atoms with E-state index >= 15 is 0 Å². The molecule has 220 valence electrons. The molecular formula is C32H56O6. The summed E-state index contributed by atoms with van der Waals surface area (Å²) in [6.45, 7) is 15.2. The third-order valence-electron chi connectivity index (χ3n) is 12.9. The number of rotatable bonds is 7. The standard InChI is InChI=1S/C32H56O6/c1-17(2)19(11-13-33)29(36)28(35)18(3)21-8-9-22-20-14-25(34)24-15-26-27(38-30(4,5)37-26)16-32(24,7)23(20)10-12-31(21,22)6/h17-29,33-36H,8-16H2,1-7H3/t18-,19-,20-,21+,22-,23-,24+,25+,26-,27+,28+,29+,31+,32+/m0/s1. The van der Waals surface area contributed by atoms with Gasteiger partial charge in [-0.15, -0.1) is 0 Å². The van der Waals surface area contributed by atoms with Gasteiger partial charge in [0.1, 0.15) is 0 Å². The van der Waals surface area contributed by atoms with E-state index in [4.69, 9.17) is 9.47 Å². The van der Waals surface area contributed by atoms with Crippen LogP contribution >= 0.6 is 0 Å². The van der Waals surface area contributed by atoms with Crippen LogP contribution in [0.5, 0.6) is 0 Å². The largest absolute Gasteiger partial charge is 0.396 e. The Morgan fingerprint density at radius 2 is 1.47 bits per heavy atom. The van der Waals surface area contributed by atoms with E-state index < -0.39 is 18.0 Å². The molecule has 4 saturated carbocycles. The maximum absolute atomic E-state index is 11.6.